The van der Waals surface area contributed by atoms with Gasteiger partial charge in [-0.05, 0) is 41.3 Å². The first kappa shape index (κ1) is 25.0. The second kappa shape index (κ2) is 12.6. The van der Waals surface area contributed by atoms with Crippen molar-refractivity contribution in [1.82, 2.24) is 10.2 Å². The second-order valence-corrected chi connectivity index (χ2v) is 9.24. The number of hydrogen-bond donors (Lipinski definition) is 1. The van der Waals surface area contributed by atoms with Gasteiger partial charge in [-0.15, -0.1) is 0 Å². The summed E-state index contributed by atoms with van der Waals surface area (Å²) in [4.78, 5) is 28.6. The predicted molar refractivity (Wildman–Crippen MR) is 137 cm³/mol. The Morgan fingerprint density at radius 2 is 1.67 bits per heavy atom. The molecule has 0 heterocycles. The summed E-state index contributed by atoms with van der Waals surface area (Å²) >= 11 is 9.84. The number of nitrogens with zero attached hydrogens (tertiary/aromatic N) is 1. The van der Waals surface area contributed by atoms with Crippen LogP contribution < -0.4 is 5.32 Å². The molecule has 3 rings (SSSR count). The zero-order chi connectivity index (χ0) is 23.6. The van der Waals surface area contributed by atoms with Crippen LogP contribution in [0.3, 0.4) is 0 Å². The molecule has 0 fully saturated rings. The van der Waals surface area contributed by atoms with Crippen molar-refractivity contribution in [3.8, 4) is 0 Å². The van der Waals surface area contributed by atoms with E-state index in [0.717, 1.165) is 27.6 Å². The van der Waals surface area contributed by atoms with Crippen molar-refractivity contribution >= 4 is 39.3 Å². The van der Waals surface area contributed by atoms with Crippen molar-refractivity contribution < 1.29 is 9.59 Å². The Bertz CT molecular complexity index is 1070. The summed E-state index contributed by atoms with van der Waals surface area (Å²) in [6, 6.07) is 24.3. The van der Waals surface area contributed by atoms with E-state index in [-0.39, 0.29) is 18.2 Å². The number of carbonyl (C=O) groups excluding carboxylic acids is 2. The fraction of sp³-hybridized carbons (Fsp3) is 0.259. The molecule has 0 radical (unpaired) electrons. The van der Waals surface area contributed by atoms with Crippen LogP contribution in [0.15, 0.2) is 83.3 Å². The summed E-state index contributed by atoms with van der Waals surface area (Å²) in [7, 11) is 0. The van der Waals surface area contributed by atoms with Crippen molar-refractivity contribution in [2.45, 2.75) is 38.8 Å². The van der Waals surface area contributed by atoms with Gasteiger partial charge in [0.25, 0.3) is 0 Å². The van der Waals surface area contributed by atoms with Crippen LogP contribution >= 0.6 is 27.5 Å². The Hall–Kier alpha value is -2.63. The highest BCUT2D eigenvalue weighted by molar-refractivity contribution is 9.10. The zero-order valence-electron chi connectivity index (χ0n) is 18.6. The molecule has 6 heteroatoms. The number of amides is 2. The summed E-state index contributed by atoms with van der Waals surface area (Å²) in [6.45, 7) is 2.89. The molecule has 0 aliphatic carbocycles. The molecule has 0 saturated heterocycles. The molecule has 0 saturated carbocycles. The van der Waals surface area contributed by atoms with Gasteiger partial charge in [-0.3, -0.25) is 9.59 Å². The number of hydrogen-bond acceptors (Lipinski definition) is 2. The smallest absolute Gasteiger partial charge is 0.243 e. The van der Waals surface area contributed by atoms with Gasteiger partial charge in [0, 0.05) is 29.0 Å². The molecule has 33 heavy (non-hydrogen) atoms. The second-order valence-electron chi connectivity index (χ2n) is 7.92. The van der Waals surface area contributed by atoms with E-state index in [0.29, 0.717) is 24.5 Å². The first-order valence-corrected chi connectivity index (χ1v) is 12.2. The van der Waals surface area contributed by atoms with E-state index in [4.69, 9.17) is 11.6 Å². The number of benzene rings is 3. The molecule has 3 aromatic carbocycles. The molecule has 1 atom stereocenters. The van der Waals surface area contributed by atoms with E-state index in [2.05, 4.69) is 21.2 Å². The molecule has 0 spiro atoms. The first-order chi connectivity index (χ1) is 16.0. The molecular formula is C27H28BrClN2O2. The van der Waals surface area contributed by atoms with Crippen LogP contribution in [0, 0.1) is 0 Å². The molecule has 3 aromatic rings. The molecule has 2 amide bonds. The van der Waals surface area contributed by atoms with Gasteiger partial charge in [0.05, 0.1) is 6.42 Å². The average molecular weight is 528 g/mol. The Morgan fingerprint density at radius 1 is 0.970 bits per heavy atom. The molecule has 172 valence electrons. The maximum atomic E-state index is 13.6. The van der Waals surface area contributed by atoms with E-state index >= 15 is 0 Å². The average Bonchev–Trinajstić information content (AvgIpc) is 2.82. The van der Waals surface area contributed by atoms with Crippen molar-refractivity contribution in [2.75, 3.05) is 6.54 Å². The van der Waals surface area contributed by atoms with Gasteiger partial charge in [0.2, 0.25) is 11.8 Å². The molecule has 0 bridgehead atoms. The minimum absolute atomic E-state index is 0.125. The minimum atomic E-state index is -0.645. The lowest BCUT2D eigenvalue weighted by Crippen LogP contribution is -2.51. The summed E-state index contributed by atoms with van der Waals surface area (Å²) < 4.78 is 0.925. The van der Waals surface area contributed by atoms with E-state index in [9.17, 15) is 9.59 Å². The predicted octanol–water partition coefficient (Wildman–Crippen LogP) is 5.81. The first-order valence-electron chi connectivity index (χ1n) is 11.1. The monoisotopic (exact) mass is 526 g/mol. The van der Waals surface area contributed by atoms with Gasteiger partial charge in [0.1, 0.15) is 6.04 Å². The third-order valence-corrected chi connectivity index (χ3v) is 6.22. The summed E-state index contributed by atoms with van der Waals surface area (Å²) in [6.07, 6.45) is 1.38. The van der Waals surface area contributed by atoms with Gasteiger partial charge < -0.3 is 10.2 Å². The van der Waals surface area contributed by atoms with Crippen LogP contribution in [0.1, 0.15) is 30.0 Å². The Morgan fingerprint density at radius 3 is 2.36 bits per heavy atom. The summed E-state index contributed by atoms with van der Waals surface area (Å²) in [5.41, 5.74) is 2.69. The SMILES string of the molecule is CCCNC(=O)[C@@H](Cc1ccccc1)N(Cc1cccc(Br)c1)C(=O)Cc1ccccc1Cl. The maximum Gasteiger partial charge on any atom is 0.243 e. The highest BCUT2D eigenvalue weighted by Gasteiger charge is 2.30. The van der Waals surface area contributed by atoms with Crippen LogP contribution in [0.2, 0.25) is 5.02 Å². The van der Waals surface area contributed by atoms with Crippen molar-refractivity contribution in [2.24, 2.45) is 0 Å². The van der Waals surface area contributed by atoms with Crippen molar-refractivity contribution in [3.05, 3.63) is 105 Å². The van der Waals surface area contributed by atoms with Crippen LogP contribution in [0.5, 0.6) is 0 Å². The summed E-state index contributed by atoms with van der Waals surface area (Å²) in [5.74, 6) is -0.293. The molecule has 0 unspecified atom stereocenters. The fourth-order valence-electron chi connectivity index (χ4n) is 3.66. The fourth-order valence-corrected chi connectivity index (χ4v) is 4.31. The molecule has 0 aliphatic rings. The van der Waals surface area contributed by atoms with Crippen molar-refractivity contribution in [3.63, 3.8) is 0 Å². The number of halogens is 2. The molecule has 0 aliphatic heterocycles. The third kappa shape index (κ3) is 7.44. The van der Waals surface area contributed by atoms with Gasteiger partial charge in [-0.1, -0.05) is 95.1 Å². The van der Waals surface area contributed by atoms with Gasteiger partial charge >= 0.3 is 0 Å². The van der Waals surface area contributed by atoms with Gasteiger partial charge in [0.15, 0.2) is 0 Å². The van der Waals surface area contributed by atoms with Gasteiger partial charge in [-0.25, -0.2) is 0 Å². The lowest BCUT2D eigenvalue weighted by Gasteiger charge is -2.32. The largest absolute Gasteiger partial charge is 0.354 e. The van der Waals surface area contributed by atoms with E-state index in [1.165, 1.54) is 0 Å². The molecular weight excluding hydrogens is 500 g/mol. The highest BCUT2D eigenvalue weighted by atomic mass is 79.9. The highest BCUT2D eigenvalue weighted by Crippen LogP contribution is 2.21. The lowest BCUT2D eigenvalue weighted by atomic mass is 10.0. The van der Waals surface area contributed by atoms with Crippen LogP contribution in [-0.4, -0.2) is 29.3 Å². The standard InChI is InChI=1S/C27H28BrClN2O2/c1-2-15-30-27(33)25(17-20-9-4-3-5-10-20)31(19-21-11-8-13-23(28)16-21)26(32)18-22-12-6-7-14-24(22)29/h3-14,16,25H,2,15,17-19H2,1H3,(H,30,33)/t25-/m1/s1. The maximum absolute atomic E-state index is 13.6. The van der Waals surface area contributed by atoms with Gasteiger partial charge in [-0.2, -0.15) is 0 Å². The number of carbonyl (C=O) groups is 2. The topological polar surface area (TPSA) is 49.4 Å². The normalized spacial score (nSPS) is 11.6. The van der Waals surface area contributed by atoms with E-state index in [1.54, 1.807) is 11.0 Å². The van der Waals surface area contributed by atoms with E-state index < -0.39 is 6.04 Å². The Balaban J connectivity index is 1.96. The Kier molecular flexibility index (Phi) is 9.52. The minimum Gasteiger partial charge on any atom is -0.354 e. The zero-order valence-corrected chi connectivity index (χ0v) is 21.0. The molecule has 1 N–H and O–H groups in total. The lowest BCUT2D eigenvalue weighted by molar-refractivity contribution is -0.140. The molecule has 0 aromatic heterocycles. The number of nitrogens with one attached hydrogen (secondary N) is 1. The van der Waals surface area contributed by atoms with Crippen LogP contribution in [-0.2, 0) is 29.0 Å². The summed E-state index contributed by atoms with van der Waals surface area (Å²) in [5, 5.41) is 3.54. The van der Waals surface area contributed by atoms with E-state index in [1.807, 2.05) is 79.7 Å². The quantitative estimate of drug-likeness (QED) is 0.362. The third-order valence-electron chi connectivity index (χ3n) is 5.36. The number of rotatable bonds is 10. The van der Waals surface area contributed by atoms with Crippen LogP contribution in [0.25, 0.3) is 0 Å². The van der Waals surface area contributed by atoms with Crippen LogP contribution in [0.4, 0.5) is 0 Å². The van der Waals surface area contributed by atoms with Crippen molar-refractivity contribution in [1.29, 1.82) is 0 Å². The Labute approximate surface area is 209 Å². The molecule has 4 nitrogen and oxygen atoms in total.